The Hall–Kier alpha value is -0.650. The van der Waals surface area contributed by atoms with Gasteiger partial charge in [-0.05, 0) is 25.9 Å². The predicted octanol–water partition coefficient (Wildman–Crippen LogP) is 0.200. The molecule has 1 heterocycles. The summed E-state index contributed by atoms with van der Waals surface area (Å²) < 4.78 is 5.31. The quantitative estimate of drug-likeness (QED) is 0.684. The molecule has 1 fully saturated rings. The van der Waals surface area contributed by atoms with Gasteiger partial charge in [0.15, 0.2) is 0 Å². The molecule has 0 aromatic carbocycles. The zero-order valence-electron chi connectivity index (χ0n) is 11.7. The van der Waals surface area contributed by atoms with Crippen molar-refractivity contribution in [1.29, 1.82) is 0 Å². The third-order valence-corrected chi connectivity index (χ3v) is 3.93. The second-order valence-electron chi connectivity index (χ2n) is 4.88. The van der Waals surface area contributed by atoms with Crippen molar-refractivity contribution in [2.75, 3.05) is 45.9 Å². The number of hydrogen-bond donors (Lipinski definition) is 2. The van der Waals surface area contributed by atoms with Gasteiger partial charge < -0.3 is 20.7 Å². The van der Waals surface area contributed by atoms with Crippen molar-refractivity contribution >= 4 is 5.91 Å². The molecule has 0 aromatic rings. The molecule has 0 aromatic heterocycles. The molecule has 0 bridgehead atoms. The van der Waals surface area contributed by atoms with Crippen LogP contribution in [0.2, 0.25) is 0 Å². The average molecular weight is 257 g/mol. The van der Waals surface area contributed by atoms with E-state index in [2.05, 4.69) is 24.1 Å². The van der Waals surface area contributed by atoms with Gasteiger partial charge in [0.25, 0.3) is 0 Å². The number of hydrogen-bond acceptors (Lipinski definition) is 4. The van der Waals surface area contributed by atoms with Gasteiger partial charge in [-0.3, -0.25) is 4.79 Å². The summed E-state index contributed by atoms with van der Waals surface area (Å²) in [5.74, 6) is 0.0976. The van der Waals surface area contributed by atoms with Crippen LogP contribution in [0.25, 0.3) is 0 Å². The van der Waals surface area contributed by atoms with E-state index in [9.17, 15) is 4.79 Å². The van der Waals surface area contributed by atoms with E-state index in [1.165, 1.54) is 0 Å². The van der Waals surface area contributed by atoms with Crippen molar-refractivity contribution in [3.05, 3.63) is 0 Å². The lowest BCUT2D eigenvalue weighted by molar-refractivity contribution is -0.135. The first-order valence-electron chi connectivity index (χ1n) is 6.97. The highest BCUT2D eigenvalue weighted by molar-refractivity contribution is 5.83. The van der Waals surface area contributed by atoms with Gasteiger partial charge in [0.2, 0.25) is 5.91 Å². The van der Waals surface area contributed by atoms with E-state index in [-0.39, 0.29) is 5.91 Å². The minimum Gasteiger partial charge on any atom is -0.381 e. The van der Waals surface area contributed by atoms with Crippen molar-refractivity contribution in [3.8, 4) is 0 Å². The number of nitrogens with two attached hydrogens (primary N) is 1. The van der Waals surface area contributed by atoms with Gasteiger partial charge in [-0.15, -0.1) is 0 Å². The lowest BCUT2D eigenvalue weighted by atomic mass is 9.79. The first-order valence-corrected chi connectivity index (χ1v) is 6.97. The molecule has 3 N–H and O–H groups in total. The highest BCUT2D eigenvalue weighted by Crippen LogP contribution is 2.29. The minimum absolute atomic E-state index is 0.0976. The predicted molar refractivity (Wildman–Crippen MR) is 72.3 cm³/mol. The largest absolute Gasteiger partial charge is 0.381 e. The molecule has 1 aliphatic rings. The number of amides is 1. The number of ether oxygens (including phenoxy) is 1. The fourth-order valence-electron chi connectivity index (χ4n) is 2.34. The summed E-state index contributed by atoms with van der Waals surface area (Å²) in [5.41, 5.74) is 5.39. The molecule has 0 spiro atoms. The summed E-state index contributed by atoms with van der Waals surface area (Å²) >= 11 is 0. The second kappa shape index (κ2) is 7.71. The van der Waals surface area contributed by atoms with E-state index in [1.807, 2.05) is 0 Å². The number of likely N-dealkylation sites (N-methyl/N-ethyl adjacent to an activating group) is 1. The van der Waals surface area contributed by atoms with E-state index in [1.54, 1.807) is 0 Å². The van der Waals surface area contributed by atoms with Crippen LogP contribution < -0.4 is 11.1 Å². The Bertz CT molecular complexity index is 249. The summed E-state index contributed by atoms with van der Waals surface area (Å²) in [6.45, 7) is 9.58. The Kier molecular flexibility index (Phi) is 6.60. The number of carbonyl (C=O) groups is 1. The molecule has 1 saturated heterocycles. The molecule has 1 amide bonds. The van der Waals surface area contributed by atoms with E-state index in [0.717, 1.165) is 32.5 Å². The van der Waals surface area contributed by atoms with E-state index >= 15 is 0 Å². The smallest absolute Gasteiger partial charge is 0.227 e. The van der Waals surface area contributed by atoms with Gasteiger partial charge in [0.1, 0.15) is 0 Å². The van der Waals surface area contributed by atoms with Gasteiger partial charge in [-0.25, -0.2) is 0 Å². The van der Waals surface area contributed by atoms with Crippen molar-refractivity contribution in [1.82, 2.24) is 10.2 Å². The Balaban J connectivity index is 2.38. The van der Waals surface area contributed by atoms with Crippen LogP contribution in [-0.4, -0.2) is 56.7 Å². The lowest BCUT2D eigenvalue weighted by Crippen LogP contribution is -2.50. The first-order chi connectivity index (χ1) is 8.68. The molecule has 0 aliphatic carbocycles. The zero-order valence-corrected chi connectivity index (χ0v) is 11.7. The van der Waals surface area contributed by atoms with Gasteiger partial charge in [-0.1, -0.05) is 13.8 Å². The highest BCUT2D eigenvalue weighted by Gasteiger charge is 2.38. The maximum atomic E-state index is 12.2. The molecule has 0 unspecified atom stereocenters. The molecule has 0 radical (unpaired) electrons. The van der Waals surface area contributed by atoms with Gasteiger partial charge in [-0.2, -0.15) is 0 Å². The number of rotatable bonds is 7. The van der Waals surface area contributed by atoms with Crippen molar-refractivity contribution in [2.45, 2.75) is 26.7 Å². The molecule has 106 valence electrons. The van der Waals surface area contributed by atoms with Crippen LogP contribution in [0.5, 0.6) is 0 Å². The number of nitrogens with one attached hydrogen (secondary N) is 1. The maximum absolute atomic E-state index is 12.2. The van der Waals surface area contributed by atoms with Crippen molar-refractivity contribution in [2.24, 2.45) is 11.1 Å². The maximum Gasteiger partial charge on any atom is 0.227 e. The molecular formula is C13H27N3O2. The highest BCUT2D eigenvalue weighted by atomic mass is 16.5. The SMILES string of the molecule is CCN(CC)CCNC(=O)C1(CN)CCOCC1. The van der Waals surface area contributed by atoms with Crippen LogP contribution in [0.1, 0.15) is 26.7 Å². The molecule has 5 nitrogen and oxygen atoms in total. The molecule has 18 heavy (non-hydrogen) atoms. The van der Waals surface area contributed by atoms with Crippen LogP contribution in [-0.2, 0) is 9.53 Å². The fraction of sp³-hybridized carbons (Fsp3) is 0.923. The summed E-state index contributed by atoms with van der Waals surface area (Å²) in [5, 5.41) is 3.03. The normalized spacial score (nSPS) is 18.9. The van der Waals surface area contributed by atoms with E-state index in [4.69, 9.17) is 10.5 Å². The molecule has 0 atom stereocenters. The second-order valence-corrected chi connectivity index (χ2v) is 4.88. The average Bonchev–Trinajstić information content (AvgIpc) is 2.44. The van der Waals surface area contributed by atoms with Crippen LogP contribution in [0.3, 0.4) is 0 Å². The van der Waals surface area contributed by atoms with Crippen LogP contribution in [0, 0.1) is 5.41 Å². The van der Waals surface area contributed by atoms with Crippen molar-refractivity contribution < 1.29 is 9.53 Å². The molecule has 5 heteroatoms. The van der Waals surface area contributed by atoms with E-state index < -0.39 is 5.41 Å². The van der Waals surface area contributed by atoms with Gasteiger partial charge >= 0.3 is 0 Å². The Morgan fingerprint density at radius 2 is 1.94 bits per heavy atom. The number of carbonyl (C=O) groups excluding carboxylic acids is 1. The number of nitrogens with zero attached hydrogens (tertiary/aromatic N) is 1. The molecule has 1 rings (SSSR count). The van der Waals surface area contributed by atoms with Crippen molar-refractivity contribution in [3.63, 3.8) is 0 Å². The van der Waals surface area contributed by atoms with Gasteiger partial charge in [0, 0.05) is 32.8 Å². The van der Waals surface area contributed by atoms with Crippen LogP contribution in [0.4, 0.5) is 0 Å². The molecule has 0 saturated carbocycles. The zero-order chi connectivity index (χ0) is 13.4. The summed E-state index contributed by atoms with van der Waals surface area (Å²) in [4.78, 5) is 14.5. The third-order valence-electron chi connectivity index (χ3n) is 3.93. The molecule has 1 aliphatic heterocycles. The van der Waals surface area contributed by atoms with Crippen LogP contribution in [0.15, 0.2) is 0 Å². The Morgan fingerprint density at radius 3 is 2.44 bits per heavy atom. The monoisotopic (exact) mass is 257 g/mol. The van der Waals surface area contributed by atoms with E-state index in [0.29, 0.717) is 26.3 Å². The standard InChI is InChI=1S/C13H27N3O2/c1-3-16(4-2)8-7-15-12(17)13(11-14)5-9-18-10-6-13/h3-11,14H2,1-2H3,(H,15,17). The lowest BCUT2D eigenvalue weighted by Gasteiger charge is -2.34. The summed E-state index contributed by atoms with van der Waals surface area (Å²) in [6.07, 6.45) is 1.47. The fourth-order valence-corrected chi connectivity index (χ4v) is 2.34. The van der Waals surface area contributed by atoms with Crippen LogP contribution >= 0.6 is 0 Å². The first kappa shape index (κ1) is 15.4. The molecular weight excluding hydrogens is 230 g/mol. The Labute approximate surface area is 110 Å². The topological polar surface area (TPSA) is 67.6 Å². The van der Waals surface area contributed by atoms with Gasteiger partial charge in [0.05, 0.1) is 5.41 Å². The minimum atomic E-state index is -0.401. The summed E-state index contributed by atoms with van der Waals surface area (Å²) in [6, 6.07) is 0. The third kappa shape index (κ3) is 3.93. The summed E-state index contributed by atoms with van der Waals surface area (Å²) in [7, 11) is 0. The Morgan fingerprint density at radius 1 is 1.33 bits per heavy atom.